The number of nitrogens with zero attached hydrogens (tertiary/aromatic N) is 5. The summed E-state index contributed by atoms with van der Waals surface area (Å²) in [6, 6.07) is 18.4. The van der Waals surface area contributed by atoms with E-state index in [9.17, 15) is 0 Å². The van der Waals surface area contributed by atoms with Crippen molar-refractivity contribution in [3.8, 4) is 22.5 Å². The molecule has 0 aliphatic heterocycles. The minimum Gasteiger partial charge on any atom is -0.342 e. The van der Waals surface area contributed by atoms with Gasteiger partial charge in [-0.05, 0) is 29.8 Å². The molecule has 31 heavy (non-hydrogen) atoms. The molecule has 2 N–H and O–H groups in total. The number of aryl methyl sites for hydroxylation is 1. The Morgan fingerprint density at radius 3 is 2.71 bits per heavy atom. The third kappa shape index (κ3) is 3.03. The fraction of sp³-hybridized carbons (Fsp3) is 0.0417. The highest BCUT2D eigenvalue weighted by Gasteiger charge is 2.11. The van der Waals surface area contributed by atoms with Crippen molar-refractivity contribution >= 4 is 28.1 Å². The van der Waals surface area contributed by atoms with Crippen molar-refractivity contribution in [2.75, 3.05) is 5.32 Å². The molecule has 2 aromatic carbocycles. The third-order valence-corrected chi connectivity index (χ3v) is 5.44. The van der Waals surface area contributed by atoms with Crippen LogP contribution in [-0.4, -0.2) is 29.1 Å². The molecule has 4 heterocycles. The normalized spacial score (nSPS) is 11.4. The maximum Gasteiger partial charge on any atom is 0.148 e. The first-order valence-electron chi connectivity index (χ1n) is 9.92. The van der Waals surface area contributed by atoms with E-state index in [4.69, 9.17) is 4.98 Å². The van der Waals surface area contributed by atoms with Gasteiger partial charge >= 0.3 is 0 Å². The van der Waals surface area contributed by atoms with Gasteiger partial charge in [0.25, 0.3) is 0 Å². The molecule has 0 amide bonds. The lowest BCUT2D eigenvalue weighted by Gasteiger charge is -2.11. The number of hydrogen-bond donors (Lipinski definition) is 2. The molecule has 0 unspecified atom stereocenters. The summed E-state index contributed by atoms with van der Waals surface area (Å²) in [4.78, 5) is 9.40. The summed E-state index contributed by atoms with van der Waals surface area (Å²) in [6.45, 7) is 0. The first-order valence-corrected chi connectivity index (χ1v) is 9.92. The van der Waals surface area contributed by atoms with Crippen LogP contribution in [0.2, 0.25) is 0 Å². The lowest BCUT2D eigenvalue weighted by molar-refractivity contribution is 0.959. The molecule has 0 saturated carbocycles. The fourth-order valence-corrected chi connectivity index (χ4v) is 3.82. The summed E-state index contributed by atoms with van der Waals surface area (Å²) in [6.07, 6.45) is 10.6. The van der Waals surface area contributed by atoms with Crippen molar-refractivity contribution in [2.45, 2.75) is 0 Å². The van der Waals surface area contributed by atoms with Crippen LogP contribution in [0.3, 0.4) is 0 Å². The van der Waals surface area contributed by atoms with E-state index in [2.05, 4.69) is 57.0 Å². The third-order valence-electron chi connectivity index (χ3n) is 5.44. The quantitative estimate of drug-likeness (QED) is 0.442. The van der Waals surface area contributed by atoms with E-state index in [1.54, 1.807) is 6.20 Å². The van der Waals surface area contributed by atoms with Crippen LogP contribution < -0.4 is 5.32 Å². The number of rotatable bonds is 4. The van der Waals surface area contributed by atoms with Gasteiger partial charge in [-0.15, -0.1) is 0 Å². The second kappa shape index (κ2) is 6.84. The molecule has 0 bridgehead atoms. The van der Waals surface area contributed by atoms with Crippen LogP contribution in [0.15, 0.2) is 79.4 Å². The average molecular weight is 404 g/mol. The second-order valence-corrected chi connectivity index (χ2v) is 7.42. The standard InChI is InChI=1S/C24H18N7/c1-30-10-8-17-2-3-18(12-21(17)30)24-29-22(13-23-25-9-11-31(23)24)28-20-6-4-16(5-7-20)19-14-26-27-15-19/h2-9,11-15,28H,1H3,(H,26,27). The molecule has 6 aromatic rings. The zero-order chi connectivity index (χ0) is 20.8. The van der Waals surface area contributed by atoms with E-state index < -0.39 is 0 Å². The Morgan fingerprint density at radius 1 is 1.00 bits per heavy atom. The topological polar surface area (TPSA) is 75.8 Å². The number of aromatic amines is 1. The molecule has 7 nitrogen and oxygen atoms in total. The summed E-state index contributed by atoms with van der Waals surface area (Å²) in [7, 11) is 2.00. The van der Waals surface area contributed by atoms with Crippen LogP contribution in [-0.2, 0) is 7.05 Å². The fourth-order valence-electron chi connectivity index (χ4n) is 3.82. The molecule has 0 saturated heterocycles. The number of benzene rings is 2. The molecule has 1 radical (unpaired) electrons. The lowest BCUT2D eigenvalue weighted by atomic mass is 10.1. The molecule has 0 atom stereocenters. The summed E-state index contributed by atoms with van der Waals surface area (Å²) < 4.78 is 3.99. The van der Waals surface area contributed by atoms with Gasteiger partial charge in [0.1, 0.15) is 17.3 Å². The average Bonchev–Trinajstić information content (AvgIpc) is 3.55. The van der Waals surface area contributed by atoms with Crippen molar-refractivity contribution in [1.29, 1.82) is 0 Å². The number of hydrogen-bond acceptors (Lipinski definition) is 4. The van der Waals surface area contributed by atoms with Gasteiger partial charge < -0.3 is 9.88 Å². The lowest BCUT2D eigenvalue weighted by Crippen LogP contribution is -2.01. The van der Waals surface area contributed by atoms with Crippen LogP contribution in [0, 0.1) is 6.20 Å². The van der Waals surface area contributed by atoms with E-state index in [0.29, 0.717) is 0 Å². The van der Waals surface area contributed by atoms with Gasteiger partial charge in [0.15, 0.2) is 0 Å². The van der Waals surface area contributed by atoms with Crippen molar-refractivity contribution in [1.82, 2.24) is 29.1 Å². The highest BCUT2D eigenvalue weighted by molar-refractivity contribution is 5.84. The SMILES string of the molecule is Cn1[c]cc2ccc(-c3nc(Nc4ccc(-c5cn[nH]c5)cc4)cc4nccn34)cc21. The molecule has 0 aliphatic rings. The Hall–Kier alpha value is -4.39. The number of aromatic nitrogens is 6. The van der Waals surface area contributed by atoms with E-state index in [0.717, 1.165) is 50.6 Å². The van der Waals surface area contributed by atoms with Crippen LogP contribution in [0.1, 0.15) is 0 Å². The van der Waals surface area contributed by atoms with Gasteiger partial charge in [-0.2, -0.15) is 5.10 Å². The van der Waals surface area contributed by atoms with E-state index in [1.165, 1.54) is 0 Å². The van der Waals surface area contributed by atoms with Crippen molar-refractivity contribution < 1.29 is 0 Å². The zero-order valence-corrected chi connectivity index (χ0v) is 16.7. The molecule has 0 aliphatic carbocycles. The van der Waals surface area contributed by atoms with Crippen LogP contribution in [0.5, 0.6) is 0 Å². The Balaban J connectivity index is 1.39. The molecule has 0 fully saturated rings. The van der Waals surface area contributed by atoms with Gasteiger partial charge in [0.05, 0.1) is 12.4 Å². The van der Waals surface area contributed by atoms with E-state index in [-0.39, 0.29) is 0 Å². The summed E-state index contributed by atoms with van der Waals surface area (Å²) >= 11 is 0. The predicted octanol–water partition coefficient (Wildman–Crippen LogP) is 4.82. The van der Waals surface area contributed by atoms with Crippen molar-refractivity contribution in [3.05, 3.63) is 85.6 Å². The number of H-pyrrole nitrogens is 1. The van der Waals surface area contributed by atoms with E-state index in [1.807, 2.05) is 58.9 Å². The number of anilines is 2. The monoisotopic (exact) mass is 404 g/mol. The van der Waals surface area contributed by atoms with E-state index >= 15 is 0 Å². The van der Waals surface area contributed by atoms with Crippen molar-refractivity contribution in [3.63, 3.8) is 0 Å². The molecular weight excluding hydrogens is 386 g/mol. The maximum atomic E-state index is 4.91. The summed E-state index contributed by atoms with van der Waals surface area (Å²) in [5.74, 6) is 1.57. The zero-order valence-electron chi connectivity index (χ0n) is 16.7. The molecule has 4 aromatic heterocycles. The predicted molar refractivity (Wildman–Crippen MR) is 121 cm³/mol. The van der Waals surface area contributed by atoms with Gasteiger partial charge in [-0.25, -0.2) is 9.97 Å². The molecule has 6 rings (SSSR count). The molecular formula is C24H18N7. The molecule has 7 heteroatoms. The minimum atomic E-state index is 0.739. The Morgan fingerprint density at radius 2 is 1.87 bits per heavy atom. The highest BCUT2D eigenvalue weighted by atomic mass is 15.1. The van der Waals surface area contributed by atoms with Crippen LogP contribution in [0.4, 0.5) is 11.5 Å². The van der Waals surface area contributed by atoms with Crippen molar-refractivity contribution in [2.24, 2.45) is 7.05 Å². The molecule has 0 spiro atoms. The molecule has 149 valence electrons. The number of nitrogens with one attached hydrogen (secondary N) is 2. The summed E-state index contributed by atoms with van der Waals surface area (Å²) in [5, 5.41) is 11.4. The Bertz CT molecular complexity index is 1510. The number of fused-ring (bicyclic) bond motifs is 2. The van der Waals surface area contributed by atoms with Gasteiger partial charge in [-0.3, -0.25) is 9.50 Å². The van der Waals surface area contributed by atoms with Crippen LogP contribution in [0.25, 0.3) is 39.1 Å². The first kappa shape index (κ1) is 17.5. The Labute approximate surface area is 178 Å². The minimum absolute atomic E-state index is 0.739. The largest absolute Gasteiger partial charge is 0.342 e. The van der Waals surface area contributed by atoms with Gasteiger partial charge in [0, 0.05) is 59.4 Å². The maximum absolute atomic E-state index is 4.91. The van der Waals surface area contributed by atoms with Crippen LogP contribution >= 0.6 is 0 Å². The number of imidazole rings is 1. The second-order valence-electron chi connectivity index (χ2n) is 7.42. The Kier molecular flexibility index (Phi) is 3.86. The summed E-state index contributed by atoms with van der Waals surface area (Å²) in [5.41, 5.74) is 6.07. The smallest absolute Gasteiger partial charge is 0.148 e. The van der Waals surface area contributed by atoms with Gasteiger partial charge in [0.2, 0.25) is 0 Å². The highest BCUT2D eigenvalue weighted by Crippen LogP contribution is 2.27. The van der Waals surface area contributed by atoms with Gasteiger partial charge in [-0.1, -0.05) is 24.3 Å². The first-order chi connectivity index (χ1) is 15.2.